The third-order valence-corrected chi connectivity index (χ3v) is 2.96. The van der Waals surface area contributed by atoms with Crippen LogP contribution in [0.15, 0.2) is 18.2 Å². The van der Waals surface area contributed by atoms with E-state index in [9.17, 15) is 4.79 Å². The van der Waals surface area contributed by atoms with E-state index in [1.807, 2.05) is 27.1 Å². The van der Waals surface area contributed by atoms with Gasteiger partial charge in [-0.2, -0.15) is 0 Å². The zero-order valence-corrected chi connectivity index (χ0v) is 12.0. The van der Waals surface area contributed by atoms with Gasteiger partial charge in [-0.1, -0.05) is 0 Å². The Morgan fingerprint density at radius 3 is 2.79 bits per heavy atom. The molecule has 0 aliphatic rings. The lowest BCUT2D eigenvalue weighted by atomic mass is 10.1. The van der Waals surface area contributed by atoms with E-state index >= 15 is 0 Å². The van der Waals surface area contributed by atoms with Crippen molar-refractivity contribution in [2.45, 2.75) is 13.3 Å². The Morgan fingerprint density at radius 2 is 2.16 bits per heavy atom. The summed E-state index contributed by atoms with van der Waals surface area (Å²) >= 11 is 0. The van der Waals surface area contributed by atoms with Crippen LogP contribution in [0.25, 0.3) is 0 Å². The van der Waals surface area contributed by atoms with E-state index in [0.717, 1.165) is 25.2 Å². The number of nitrogens with zero attached hydrogens (tertiary/aromatic N) is 1. The molecule has 5 nitrogen and oxygen atoms in total. The summed E-state index contributed by atoms with van der Waals surface area (Å²) in [6.45, 7) is 4.38. The molecule has 4 N–H and O–H groups in total. The number of nitrogen functional groups attached to an aromatic ring is 1. The first-order valence-corrected chi connectivity index (χ1v) is 6.63. The van der Waals surface area contributed by atoms with E-state index in [1.54, 1.807) is 12.1 Å². The van der Waals surface area contributed by atoms with Crippen LogP contribution in [0.5, 0.6) is 0 Å². The summed E-state index contributed by atoms with van der Waals surface area (Å²) in [5, 5.41) is 5.90. The maximum Gasteiger partial charge on any atom is 0.251 e. The fourth-order valence-corrected chi connectivity index (χ4v) is 1.89. The molecule has 1 amide bonds. The van der Waals surface area contributed by atoms with Crippen LogP contribution in [-0.2, 0) is 0 Å². The number of rotatable bonds is 7. The van der Waals surface area contributed by atoms with Crippen LogP contribution in [0.1, 0.15) is 23.7 Å². The largest absolute Gasteiger partial charge is 0.397 e. The normalized spacial score (nSPS) is 10.3. The summed E-state index contributed by atoms with van der Waals surface area (Å²) in [6, 6.07) is 5.39. The molecular formula is C14H24N4O. The molecule has 0 atom stereocenters. The van der Waals surface area contributed by atoms with Crippen molar-refractivity contribution in [2.24, 2.45) is 0 Å². The number of hydrogen-bond donors (Lipinski definition) is 3. The highest BCUT2D eigenvalue weighted by atomic mass is 16.1. The Kier molecular flexibility index (Phi) is 6.15. The van der Waals surface area contributed by atoms with Gasteiger partial charge in [-0.25, -0.2) is 0 Å². The van der Waals surface area contributed by atoms with Crippen molar-refractivity contribution in [2.75, 3.05) is 44.4 Å². The Hall–Kier alpha value is -1.75. The standard InChI is InChI=1S/C14H24N4O/c1-4-17-14(19)11-6-7-12(15)13(10-11)18(3)9-5-8-16-2/h6-7,10,16H,4-5,8-9,15H2,1-3H3,(H,17,19). The second kappa shape index (κ2) is 7.63. The molecule has 0 saturated carbocycles. The van der Waals surface area contributed by atoms with Crippen LogP contribution in [0.3, 0.4) is 0 Å². The van der Waals surface area contributed by atoms with Crippen LogP contribution >= 0.6 is 0 Å². The van der Waals surface area contributed by atoms with Crippen LogP contribution < -0.4 is 21.3 Å². The van der Waals surface area contributed by atoms with Crippen molar-refractivity contribution >= 4 is 17.3 Å². The molecule has 0 unspecified atom stereocenters. The first-order chi connectivity index (χ1) is 9.10. The van der Waals surface area contributed by atoms with Crippen molar-refractivity contribution in [1.82, 2.24) is 10.6 Å². The molecule has 0 heterocycles. The van der Waals surface area contributed by atoms with Gasteiger partial charge in [-0.05, 0) is 45.1 Å². The third kappa shape index (κ3) is 4.44. The molecule has 106 valence electrons. The summed E-state index contributed by atoms with van der Waals surface area (Å²) < 4.78 is 0. The molecule has 0 fully saturated rings. The molecule has 0 aromatic heterocycles. The number of carbonyl (C=O) groups excluding carboxylic acids is 1. The molecule has 0 bridgehead atoms. The molecule has 1 aromatic rings. The molecule has 0 radical (unpaired) electrons. The van der Waals surface area contributed by atoms with Gasteiger partial charge < -0.3 is 21.3 Å². The first kappa shape index (κ1) is 15.3. The molecule has 19 heavy (non-hydrogen) atoms. The van der Waals surface area contributed by atoms with Crippen LogP contribution in [0, 0.1) is 0 Å². The Balaban J connectivity index is 2.81. The van der Waals surface area contributed by atoms with Gasteiger partial charge in [0.1, 0.15) is 0 Å². The van der Waals surface area contributed by atoms with Crippen LogP contribution in [0.4, 0.5) is 11.4 Å². The van der Waals surface area contributed by atoms with Gasteiger partial charge in [0.2, 0.25) is 0 Å². The topological polar surface area (TPSA) is 70.4 Å². The average molecular weight is 264 g/mol. The lowest BCUT2D eigenvalue weighted by molar-refractivity contribution is 0.0956. The number of anilines is 2. The zero-order valence-electron chi connectivity index (χ0n) is 12.0. The molecule has 0 saturated heterocycles. The summed E-state index contributed by atoms with van der Waals surface area (Å²) in [5.74, 6) is -0.0626. The molecule has 0 spiro atoms. The van der Waals surface area contributed by atoms with Crippen molar-refractivity contribution in [3.05, 3.63) is 23.8 Å². The number of nitrogens with two attached hydrogens (primary N) is 1. The van der Waals surface area contributed by atoms with Gasteiger partial charge in [0.25, 0.3) is 5.91 Å². The van der Waals surface area contributed by atoms with Crippen LogP contribution in [-0.4, -0.2) is 39.6 Å². The maximum atomic E-state index is 11.8. The molecule has 1 aromatic carbocycles. The molecule has 0 aliphatic carbocycles. The number of hydrogen-bond acceptors (Lipinski definition) is 4. The van der Waals surface area contributed by atoms with Gasteiger partial charge >= 0.3 is 0 Å². The molecular weight excluding hydrogens is 240 g/mol. The first-order valence-electron chi connectivity index (χ1n) is 6.63. The van der Waals surface area contributed by atoms with Gasteiger partial charge in [0.15, 0.2) is 0 Å². The number of carbonyl (C=O) groups is 1. The van der Waals surface area contributed by atoms with Gasteiger partial charge in [-0.15, -0.1) is 0 Å². The fourth-order valence-electron chi connectivity index (χ4n) is 1.89. The lowest BCUT2D eigenvalue weighted by Crippen LogP contribution is -2.25. The quantitative estimate of drug-likeness (QED) is 0.509. The number of amides is 1. The minimum Gasteiger partial charge on any atom is -0.397 e. The van der Waals surface area contributed by atoms with Crippen molar-refractivity contribution in [3.63, 3.8) is 0 Å². The van der Waals surface area contributed by atoms with E-state index in [1.165, 1.54) is 0 Å². The van der Waals surface area contributed by atoms with E-state index in [-0.39, 0.29) is 5.91 Å². The predicted octanol–water partition coefficient (Wildman–Crippen LogP) is 1.06. The average Bonchev–Trinajstić information content (AvgIpc) is 2.39. The van der Waals surface area contributed by atoms with Gasteiger partial charge in [0, 0.05) is 25.7 Å². The predicted molar refractivity (Wildman–Crippen MR) is 80.7 cm³/mol. The SMILES string of the molecule is CCNC(=O)c1ccc(N)c(N(C)CCCNC)c1. The van der Waals surface area contributed by atoms with E-state index in [2.05, 4.69) is 15.5 Å². The Bertz CT molecular complexity index is 420. The van der Waals surface area contributed by atoms with Crippen LogP contribution in [0.2, 0.25) is 0 Å². The second-order valence-corrected chi connectivity index (χ2v) is 4.51. The van der Waals surface area contributed by atoms with Gasteiger partial charge in [-0.3, -0.25) is 4.79 Å². The highest BCUT2D eigenvalue weighted by Crippen LogP contribution is 2.23. The van der Waals surface area contributed by atoms with Gasteiger partial charge in [0.05, 0.1) is 11.4 Å². The van der Waals surface area contributed by atoms with E-state index in [0.29, 0.717) is 17.8 Å². The Morgan fingerprint density at radius 1 is 1.42 bits per heavy atom. The molecule has 0 aliphatic heterocycles. The monoisotopic (exact) mass is 264 g/mol. The lowest BCUT2D eigenvalue weighted by Gasteiger charge is -2.21. The second-order valence-electron chi connectivity index (χ2n) is 4.51. The summed E-state index contributed by atoms with van der Waals surface area (Å²) in [6.07, 6.45) is 1.03. The highest BCUT2D eigenvalue weighted by Gasteiger charge is 2.10. The van der Waals surface area contributed by atoms with E-state index in [4.69, 9.17) is 5.73 Å². The molecule has 5 heteroatoms. The summed E-state index contributed by atoms with van der Waals surface area (Å²) in [5.41, 5.74) is 8.22. The summed E-state index contributed by atoms with van der Waals surface area (Å²) in [7, 11) is 3.92. The fraction of sp³-hybridized carbons (Fsp3) is 0.500. The minimum atomic E-state index is -0.0626. The minimum absolute atomic E-state index is 0.0626. The highest BCUT2D eigenvalue weighted by molar-refractivity contribution is 5.96. The zero-order chi connectivity index (χ0) is 14.3. The Labute approximate surface area is 115 Å². The number of nitrogens with one attached hydrogen (secondary N) is 2. The van der Waals surface area contributed by atoms with E-state index < -0.39 is 0 Å². The summed E-state index contributed by atoms with van der Waals surface area (Å²) in [4.78, 5) is 13.9. The third-order valence-electron chi connectivity index (χ3n) is 2.96. The van der Waals surface area contributed by atoms with Crippen molar-refractivity contribution in [3.8, 4) is 0 Å². The van der Waals surface area contributed by atoms with Crippen molar-refractivity contribution < 1.29 is 4.79 Å². The molecule has 1 rings (SSSR count). The number of benzene rings is 1. The van der Waals surface area contributed by atoms with Crippen molar-refractivity contribution in [1.29, 1.82) is 0 Å². The smallest absolute Gasteiger partial charge is 0.251 e. The maximum absolute atomic E-state index is 11.8.